The zero-order valence-corrected chi connectivity index (χ0v) is 8.93. The van der Waals surface area contributed by atoms with E-state index >= 15 is 0 Å². The first-order valence-corrected chi connectivity index (χ1v) is 5.11. The molecule has 13 heavy (non-hydrogen) atoms. The second-order valence-corrected chi connectivity index (χ2v) is 3.83. The van der Waals surface area contributed by atoms with Crippen LogP contribution in [0.3, 0.4) is 0 Å². The zero-order chi connectivity index (χ0) is 9.68. The highest BCUT2D eigenvalue weighted by molar-refractivity contribution is 4.96. The first-order valence-electron chi connectivity index (χ1n) is 5.11. The molecule has 1 fully saturated rings. The molecule has 0 bridgehead atoms. The quantitative estimate of drug-likeness (QED) is 0.640. The van der Waals surface area contributed by atoms with Crippen molar-refractivity contribution >= 4 is 0 Å². The summed E-state index contributed by atoms with van der Waals surface area (Å²) in [7, 11) is 0. The SMILES string of the molecule is CC#CCCN1CC(C)NCC1C. The maximum Gasteiger partial charge on any atom is 0.0217 e. The standard InChI is InChI=1S/C11H20N2/c1-4-5-6-7-13-9-10(2)12-8-11(13)3/h10-12H,6-9H2,1-3H3. The Bertz CT molecular complexity index is 202. The fourth-order valence-electron chi connectivity index (χ4n) is 1.73. The summed E-state index contributed by atoms with van der Waals surface area (Å²) in [6, 6.07) is 1.29. The van der Waals surface area contributed by atoms with E-state index in [4.69, 9.17) is 0 Å². The summed E-state index contributed by atoms with van der Waals surface area (Å²) in [5.74, 6) is 6.06. The van der Waals surface area contributed by atoms with Crippen molar-refractivity contribution in [2.24, 2.45) is 0 Å². The molecule has 0 spiro atoms. The molecule has 0 aromatic carbocycles. The number of nitrogens with one attached hydrogen (secondary N) is 1. The number of hydrogen-bond acceptors (Lipinski definition) is 2. The maximum absolute atomic E-state index is 3.47. The molecule has 2 atom stereocenters. The topological polar surface area (TPSA) is 15.3 Å². The van der Waals surface area contributed by atoms with Crippen molar-refractivity contribution < 1.29 is 0 Å². The van der Waals surface area contributed by atoms with Crippen LogP contribution in [0.1, 0.15) is 27.2 Å². The molecule has 1 heterocycles. The van der Waals surface area contributed by atoms with Crippen molar-refractivity contribution in [1.82, 2.24) is 10.2 Å². The molecule has 74 valence electrons. The summed E-state index contributed by atoms with van der Waals surface area (Å²) >= 11 is 0. The van der Waals surface area contributed by atoms with Gasteiger partial charge in [-0.25, -0.2) is 0 Å². The number of hydrogen-bond donors (Lipinski definition) is 1. The van der Waals surface area contributed by atoms with Crippen LogP contribution in [0.5, 0.6) is 0 Å². The fourth-order valence-corrected chi connectivity index (χ4v) is 1.73. The van der Waals surface area contributed by atoms with Gasteiger partial charge in [0, 0.05) is 38.1 Å². The summed E-state index contributed by atoms with van der Waals surface area (Å²) in [4.78, 5) is 2.52. The predicted molar refractivity (Wildman–Crippen MR) is 56.6 cm³/mol. The fraction of sp³-hybridized carbons (Fsp3) is 0.818. The number of rotatable bonds is 2. The van der Waals surface area contributed by atoms with Crippen LogP contribution in [0.2, 0.25) is 0 Å². The minimum Gasteiger partial charge on any atom is -0.311 e. The van der Waals surface area contributed by atoms with Gasteiger partial charge in [0.15, 0.2) is 0 Å². The van der Waals surface area contributed by atoms with Gasteiger partial charge >= 0.3 is 0 Å². The monoisotopic (exact) mass is 180 g/mol. The van der Waals surface area contributed by atoms with Crippen LogP contribution in [0, 0.1) is 11.8 Å². The molecule has 1 aliphatic rings. The van der Waals surface area contributed by atoms with E-state index in [0.717, 1.165) is 26.1 Å². The Morgan fingerprint density at radius 2 is 2.23 bits per heavy atom. The van der Waals surface area contributed by atoms with Crippen molar-refractivity contribution in [3.63, 3.8) is 0 Å². The lowest BCUT2D eigenvalue weighted by atomic mass is 10.1. The summed E-state index contributed by atoms with van der Waals surface area (Å²) in [6.45, 7) is 9.81. The van der Waals surface area contributed by atoms with Gasteiger partial charge in [0.05, 0.1) is 0 Å². The highest BCUT2D eigenvalue weighted by Gasteiger charge is 2.20. The Labute approximate surface area is 81.7 Å². The zero-order valence-electron chi connectivity index (χ0n) is 8.93. The van der Waals surface area contributed by atoms with Gasteiger partial charge in [-0.2, -0.15) is 0 Å². The lowest BCUT2D eigenvalue weighted by Gasteiger charge is -2.37. The highest BCUT2D eigenvalue weighted by Crippen LogP contribution is 2.06. The molecule has 1 N–H and O–H groups in total. The van der Waals surface area contributed by atoms with E-state index in [1.54, 1.807) is 0 Å². The molecule has 1 saturated heterocycles. The Kier molecular flexibility index (Phi) is 4.27. The second-order valence-electron chi connectivity index (χ2n) is 3.83. The molecular weight excluding hydrogens is 160 g/mol. The third kappa shape index (κ3) is 3.38. The summed E-state index contributed by atoms with van der Waals surface area (Å²) < 4.78 is 0. The molecule has 0 radical (unpaired) electrons. The molecular formula is C11H20N2. The van der Waals surface area contributed by atoms with E-state index in [1.807, 2.05) is 6.92 Å². The average Bonchev–Trinajstić information content (AvgIpc) is 2.11. The average molecular weight is 180 g/mol. The van der Waals surface area contributed by atoms with Gasteiger partial charge < -0.3 is 5.32 Å². The molecule has 0 aromatic rings. The van der Waals surface area contributed by atoms with Crippen molar-refractivity contribution in [3.8, 4) is 11.8 Å². The lowest BCUT2D eigenvalue weighted by molar-refractivity contribution is 0.150. The van der Waals surface area contributed by atoms with E-state index in [2.05, 4.69) is 35.9 Å². The highest BCUT2D eigenvalue weighted by atomic mass is 15.2. The van der Waals surface area contributed by atoms with Crippen molar-refractivity contribution in [2.45, 2.75) is 39.3 Å². The van der Waals surface area contributed by atoms with Gasteiger partial charge in [-0.3, -0.25) is 4.90 Å². The predicted octanol–water partition coefficient (Wildman–Crippen LogP) is 1.08. The molecule has 1 rings (SSSR count). The summed E-state index contributed by atoms with van der Waals surface area (Å²) in [6.07, 6.45) is 1.01. The Morgan fingerprint density at radius 1 is 1.46 bits per heavy atom. The van der Waals surface area contributed by atoms with Gasteiger partial charge in [0.1, 0.15) is 0 Å². The minimum absolute atomic E-state index is 0.630. The van der Waals surface area contributed by atoms with Crippen LogP contribution in [0.4, 0.5) is 0 Å². The molecule has 0 aromatic heterocycles. The minimum atomic E-state index is 0.630. The van der Waals surface area contributed by atoms with Gasteiger partial charge in [-0.05, 0) is 20.8 Å². The van der Waals surface area contributed by atoms with Crippen LogP contribution in [0.15, 0.2) is 0 Å². The number of nitrogens with zero attached hydrogens (tertiary/aromatic N) is 1. The summed E-state index contributed by atoms with van der Waals surface area (Å²) in [5, 5.41) is 3.47. The van der Waals surface area contributed by atoms with Crippen LogP contribution in [-0.4, -0.2) is 36.6 Å². The van der Waals surface area contributed by atoms with Crippen LogP contribution < -0.4 is 5.32 Å². The van der Waals surface area contributed by atoms with Gasteiger partial charge in [-0.1, -0.05) is 0 Å². The summed E-state index contributed by atoms with van der Waals surface area (Å²) in [5.41, 5.74) is 0. The molecule has 0 aliphatic carbocycles. The van der Waals surface area contributed by atoms with E-state index in [0.29, 0.717) is 12.1 Å². The first-order chi connectivity index (χ1) is 6.24. The maximum atomic E-state index is 3.47. The van der Waals surface area contributed by atoms with Crippen LogP contribution in [0.25, 0.3) is 0 Å². The van der Waals surface area contributed by atoms with Gasteiger partial charge in [0.25, 0.3) is 0 Å². The molecule has 2 heteroatoms. The van der Waals surface area contributed by atoms with E-state index < -0.39 is 0 Å². The third-order valence-electron chi connectivity index (χ3n) is 2.59. The van der Waals surface area contributed by atoms with E-state index in [1.165, 1.54) is 0 Å². The molecule has 0 saturated carbocycles. The Hall–Kier alpha value is -0.520. The van der Waals surface area contributed by atoms with Gasteiger partial charge in [-0.15, -0.1) is 11.8 Å². The van der Waals surface area contributed by atoms with Gasteiger partial charge in [0.2, 0.25) is 0 Å². The van der Waals surface area contributed by atoms with Crippen molar-refractivity contribution in [1.29, 1.82) is 0 Å². The Morgan fingerprint density at radius 3 is 2.92 bits per heavy atom. The van der Waals surface area contributed by atoms with Crippen LogP contribution >= 0.6 is 0 Å². The lowest BCUT2D eigenvalue weighted by Crippen LogP contribution is -2.54. The molecule has 1 aliphatic heterocycles. The molecule has 2 unspecified atom stereocenters. The largest absolute Gasteiger partial charge is 0.311 e. The second kappa shape index (κ2) is 5.26. The smallest absolute Gasteiger partial charge is 0.0217 e. The van der Waals surface area contributed by atoms with Crippen molar-refractivity contribution in [3.05, 3.63) is 0 Å². The molecule has 2 nitrogen and oxygen atoms in total. The van der Waals surface area contributed by atoms with Crippen LogP contribution in [-0.2, 0) is 0 Å². The van der Waals surface area contributed by atoms with Crippen molar-refractivity contribution in [2.75, 3.05) is 19.6 Å². The Balaban J connectivity index is 2.31. The first kappa shape index (κ1) is 10.6. The molecule has 0 amide bonds. The third-order valence-corrected chi connectivity index (χ3v) is 2.59. The van der Waals surface area contributed by atoms with E-state index in [-0.39, 0.29) is 0 Å². The number of piperazine rings is 1. The van der Waals surface area contributed by atoms with E-state index in [9.17, 15) is 0 Å². The normalized spacial score (nSPS) is 29.5.